The van der Waals surface area contributed by atoms with Gasteiger partial charge in [0.15, 0.2) is 0 Å². The zero-order chi connectivity index (χ0) is 13.2. The van der Waals surface area contributed by atoms with Crippen LogP contribution in [0.25, 0.3) is 0 Å². The van der Waals surface area contributed by atoms with Crippen LogP contribution in [0.2, 0.25) is 0 Å². The summed E-state index contributed by atoms with van der Waals surface area (Å²) in [5, 5.41) is 2.99. The zero-order valence-electron chi connectivity index (χ0n) is 11.4. The van der Waals surface area contributed by atoms with Gasteiger partial charge in [0.1, 0.15) is 5.69 Å². The van der Waals surface area contributed by atoms with Crippen molar-refractivity contribution in [1.82, 2.24) is 9.88 Å². The van der Waals surface area contributed by atoms with Crippen LogP contribution in [-0.2, 0) is 7.05 Å². The highest BCUT2D eigenvalue weighted by Crippen LogP contribution is 2.19. The van der Waals surface area contributed by atoms with Crippen LogP contribution in [-0.4, -0.2) is 23.1 Å². The van der Waals surface area contributed by atoms with Gasteiger partial charge in [-0.1, -0.05) is 20.8 Å². The molecule has 1 rings (SSSR count). The van der Waals surface area contributed by atoms with Crippen LogP contribution in [0.5, 0.6) is 0 Å². The lowest BCUT2D eigenvalue weighted by molar-refractivity contribution is 0.0897. The molecule has 1 amide bonds. The molecule has 0 radical (unpaired) electrons. The first kappa shape index (κ1) is 13.8. The minimum absolute atomic E-state index is 0.0230. The molecule has 0 bridgehead atoms. The first-order chi connectivity index (χ1) is 7.77. The lowest BCUT2D eigenvalue weighted by Crippen LogP contribution is -2.48. The lowest BCUT2D eigenvalue weighted by atomic mass is 9.87. The Kier molecular flexibility index (Phi) is 3.98. The number of carbonyl (C=O) groups excluding carboxylic acids is 1. The van der Waals surface area contributed by atoms with E-state index in [0.717, 1.165) is 5.69 Å². The number of carbonyl (C=O) groups is 1. The van der Waals surface area contributed by atoms with E-state index in [1.54, 1.807) is 0 Å². The number of nitrogens with two attached hydrogens (primary N) is 1. The number of aryl methyl sites for hydroxylation is 1. The van der Waals surface area contributed by atoms with Crippen molar-refractivity contribution in [3.05, 3.63) is 23.5 Å². The molecular weight excluding hydrogens is 214 g/mol. The quantitative estimate of drug-likeness (QED) is 0.835. The highest BCUT2D eigenvalue weighted by atomic mass is 16.2. The van der Waals surface area contributed by atoms with Gasteiger partial charge >= 0.3 is 0 Å². The van der Waals surface area contributed by atoms with Gasteiger partial charge in [0.25, 0.3) is 5.91 Å². The topological polar surface area (TPSA) is 60.1 Å². The van der Waals surface area contributed by atoms with Crippen LogP contribution in [0, 0.1) is 12.3 Å². The molecule has 17 heavy (non-hydrogen) atoms. The molecule has 1 atom stereocenters. The number of hydrogen-bond donors (Lipinski definition) is 2. The fraction of sp³-hybridized carbons (Fsp3) is 0.615. The second kappa shape index (κ2) is 4.92. The van der Waals surface area contributed by atoms with Crippen molar-refractivity contribution >= 4 is 5.91 Å². The van der Waals surface area contributed by atoms with E-state index in [1.807, 2.05) is 30.7 Å². The Bertz CT molecular complexity index is 401. The molecule has 0 fully saturated rings. The van der Waals surface area contributed by atoms with Crippen molar-refractivity contribution in [1.29, 1.82) is 0 Å². The Labute approximate surface area is 103 Å². The third-order valence-electron chi connectivity index (χ3n) is 3.19. The largest absolute Gasteiger partial charge is 0.346 e. The van der Waals surface area contributed by atoms with Crippen LogP contribution in [0.15, 0.2) is 12.1 Å². The van der Waals surface area contributed by atoms with Crippen LogP contribution in [0.1, 0.15) is 37.0 Å². The molecule has 0 spiro atoms. The zero-order valence-corrected chi connectivity index (χ0v) is 11.4. The van der Waals surface area contributed by atoms with Gasteiger partial charge < -0.3 is 15.6 Å². The van der Waals surface area contributed by atoms with Gasteiger partial charge in [-0.25, -0.2) is 0 Å². The Morgan fingerprint density at radius 2 is 2.06 bits per heavy atom. The van der Waals surface area contributed by atoms with Gasteiger partial charge in [0.2, 0.25) is 0 Å². The minimum atomic E-state index is -0.0639. The maximum atomic E-state index is 12.1. The minimum Gasteiger partial charge on any atom is -0.346 e. The molecule has 96 valence electrons. The van der Waals surface area contributed by atoms with Crippen molar-refractivity contribution in [2.45, 2.75) is 33.7 Å². The summed E-state index contributed by atoms with van der Waals surface area (Å²) >= 11 is 0. The average molecular weight is 237 g/mol. The lowest BCUT2D eigenvalue weighted by Gasteiger charge is -2.30. The van der Waals surface area contributed by atoms with E-state index in [9.17, 15) is 4.79 Å². The van der Waals surface area contributed by atoms with E-state index in [0.29, 0.717) is 12.2 Å². The average Bonchev–Trinajstić information content (AvgIpc) is 2.54. The fourth-order valence-electron chi connectivity index (χ4n) is 1.70. The van der Waals surface area contributed by atoms with E-state index in [-0.39, 0.29) is 17.4 Å². The van der Waals surface area contributed by atoms with E-state index in [2.05, 4.69) is 26.1 Å². The molecule has 0 aliphatic carbocycles. The van der Waals surface area contributed by atoms with Crippen molar-refractivity contribution in [2.24, 2.45) is 18.2 Å². The van der Waals surface area contributed by atoms with Crippen molar-refractivity contribution in [3.8, 4) is 0 Å². The number of nitrogens with zero attached hydrogens (tertiary/aromatic N) is 1. The molecular formula is C13H23N3O. The summed E-state index contributed by atoms with van der Waals surface area (Å²) in [7, 11) is 1.89. The Morgan fingerprint density at radius 3 is 2.41 bits per heavy atom. The summed E-state index contributed by atoms with van der Waals surface area (Å²) in [6.07, 6.45) is 0. The Balaban J connectivity index is 2.82. The van der Waals surface area contributed by atoms with Gasteiger partial charge in [-0.05, 0) is 24.5 Å². The van der Waals surface area contributed by atoms with Gasteiger partial charge in [0, 0.05) is 25.3 Å². The number of hydrogen-bond acceptors (Lipinski definition) is 2. The first-order valence-corrected chi connectivity index (χ1v) is 5.90. The molecule has 0 aliphatic rings. The van der Waals surface area contributed by atoms with Gasteiger partial charge in [-0.3, -0.25) is 4.79 Å². The molecule has 1 unspecified atom stereocenters. The van der Waals surface area contributed by atoms with Crippen LogP contribution >= 0.6 is 0 Å². The van der Waals surface area contributed by atoms with Gasteiger partial charge in [-0.2, -0.15) is 0 Å². The highest BCUT2D eigenvalue weighted by Gasteiger charge is 2.25. The highest BCUT2D eigenvalue weighted by molar-refractivity contribution is 5.93. The van der Waals surface area contributed by atoms with Crippen LogP contribution < -0.4 is 11.1 Å². The molecule has 4 nitrogen and oxygen atoms in total. The number of amides is 1. The van der Waals surface area contributed by atoms with E-state index < -0.39 is 0 Å². The van der Waals surface area contributed by atoms with Crippen LogP contribution in [0.4, 0.5) is 0 Å². The van der Waals surface area contributed by atoms with E-state index >= 15 is 0 Å². The summed E-state index contributed by atoms with van der Waals surface area (Å²) in [6, 6.07) is 3.75. The predicted molar refractivity (Wildman–Crippen MR) is 69.9 cm³/mol. The summed E-state index contributed by atoms with van der Waals surface area (Å²) in [6.45, 7) is 8.63. The third kappa shape index (κ3) is 3.09. The standard InChI is InChI=1S/C13H23N3O/c1-9-6-7-10(16(9)5)12(17)15-11(8-14)13(2,3)4/h6-7,11H,8,14H2,1-5H3,(H,15,17). The maximum Gasteiger partial charge on any atom is 0.268 e. The molecule has 0 aromatic carbocycles. The van der Waals surface area contributed by atoms with Crippen LogP contribution in [0.3, 0.4) is 0 Å². The summed E-state index contributed by atoms with van der Waals surface area (Å²) in [5.41, 5.74) is 7.41. The molecule has 4 heteroatoms. The molecule has 0 saturated heterocycles. The van der Waals surface area contributed by atoms with Crippen molar-refractivity contribution in [3.63, 3.8) is 0 Å². The SMILES string of the molecule is Cc1ccc(C(=O)NC(CN)C(C)(C)C)n1C. The number of rotatable bonds is 3. The summed E-state index contributed by atoms with van der Waals surface area (Å²) in [5.74, 6) is -0.0639. The second-order valence-electron chi connectivity index (χ2n) is 5.55. The smallest absolute Gasteiger partial charge is 0.268 e. The molecule has 1 aromatic rings. The van der Waals surface area contributed by atoms with Gasteiger partial charge in [0.05, 0.1) is 0 Å². The molecule has 1 heterocycles. The van der Waals surface area contributed by atoms with E-state index in [1.165, 1.54) is 0 Å². The maximum absolute atomic E-state index is 12.1. The predicted octanol–water partition coefficient (Wildman–Crippen LogP) is 1.44. The third-order valence-corrected chi connectivity index (χ3v) is 3.19. The molecule has 3 N–H and O–H groups in total. The second-order valence-corrected chi connectivity index (χ2v) is 5.55. The fourth-order valence-corrected chi connectivity index (χ4v) is 1.70. The van der Waals surface area contributed by atoms with Crippen molar-refractivity contribution in [2.75, 3.05) is 6.54 Å². The Morgan fingerprint density at radius 1 is 1.47 bits per heavy atom. The normalized spacial score (nSPS) is 13.5. The van der Waals surface area contributed by atoms with Gasteiger partial charge in [-0.15, -0.1) is 0 Å². The monoisotopic (exact) mass is 237 g/mol. The molecule has 0 aliphatic heterocycles. The Hall–Kier alpha value is -1.29. The first-order valence-electron chi connectivity index (χ1n) is 5.90. The summed E-state index contributed by atoms with van der Waals surface area (Å²) in [4.78, 5) is 12.1. The number of nitrogens with one attached hydrogen (secondary N) is 1. The molecule has 1 aromatic heterocycles. The summed E-state index contributed by atoms with van der Waals surface area (Å²) < 4.78 is 1.88. The van der Waals surface area contributed by atoms with E-state index in [4.69, 9.17) is 5.73 Å². The number of aromatic nitrogens is 1. The van der Waals surface area contributed by atoms with Crippen molar-refractivity contribution < 1.29 is 4.79 Å². The molecule has 0 saturated carbocycles.